The Labute approximate surface area is 141 Å². The van der Waals surface area contributed by atoms with Crippen LogP contribution < -0.4 is 0 Å². The van der Waals surface area contributed by atoms with Gasteiger partial charge < -0.3 is 5.11 Å². The molecule has 128 valence electrons. The van der Waals surface area contributed by atoms with Crippen LogP contribution in [0, 0.1) is 5.82 Å². The van der Waals surface area contributed by atoms with Gasteiger partial charge in [0.15, 0.2) is 0 Å². The molecule has 0 radical (unpaired) electrons. The third kappa shape index (κ3) is 3.13. The third-order valence-electron chi connectivity index (χ3n) is 4.40. The Hall–Kier alpha value is -1.66. The highest BCUT2D eigenvalue weighted by Crippen LogP contribution is 2.45. The van der Waals surface area contributed by atoms with Crippen molar-refractivity contribution in [1.29, 1.82) is 0 Å². The summed E-state index contributed by atoms with van der Waals surface area (Å²) in [4.78, 5) is 3.67. The fourth-order valence-corrected chi connectivity index (χ4v) is 3.22. The molecule has 7 heteroatoms. The molecule has 0 saturated heterocycles. The van der Waals surface area contributed by atoms with Gasteiger partial charge in [0, 0.05) is 5.56 Å². The van der Waals surface area contributed by atoms with E-state index in [9.17, 15) is 22.7 Å². The van der Waals surface area contributed by atoms with Crippen LogP contribution in [0.4, 0.5) is 17.6 Å². The Morgan fingerprint density at radius 1 is 1.21 bits per heavy atom. The molecule has 0 unspecified atom stereocenters. The number of aliphatic hydroxyl groups is 1. The average Bonchev–Trinajstić information content (AvgIpc) is 2.47. The quantitative estimate of drug-likeness (QED) is 0.768. The molecule has 1 heterocycles. The summed E-state index contributed by atoms with van der Waals surface area (Å²) in [5, 5.41) is 9.35. The Bertz CT molecular complexity index is 785. The van der Waals surface area contributed by atoms with Gasteiger partial charge in [0.25, 0.3) is 0 Å². The van der Waals surface area contributed by atoms with Gasteiger partial charge in [0.2, 0.25) is 0 Å². The Morgan fingerprint density at radius 2 is 1.88 bits per heavy atom. The Morgan fingerprint density at radius 3 is 2.42 bits per heavy atom. The SMILES string of the molecule is CC1(c2cc(-c3ccc(F)c(Cl)c3)nc(C(F)(F)F)c2)CC(O)C1. The number of halogens is 5. The van der Waals surface area contributed by atoms with E-state index in [2.05, 4.69) is 4.98 Å². The van der Waals surface area contributed by atoms with E-state index in [-0.39, 0.29) is 10.7 Å². The maximum atomic E-state index is 13.3. The number of aromatic nitrogens is 1. The first-order chi connectivity index (χ1) is 11.1. The molecule has 0 spiro atoms. The zero-order valence-electron chi connectivity index (χ0n) is 12.7. The van der Waals surface area contributed by atoms with Crippen LogP contribution in [0.25, 0.3) is 11.3 Å². The average molecular weight is 360 g/mol. The Kier molecular flexibility index (Phi) is 4.08. The number of alkyl halides is 3. The van der Waals surface area contributed by atoms with E-state index in [1.807, 2.05) is 0 Å². The molecule has 0 amide bonds. The van der Waals surface area contributed by atoms with Gasteiger partial charge in [0.1, 0.15) is 11.5 Å². The molecular formula is C17H14ClF4NO. The van der Waals surface area contributed by atoms with E-state index in [4.69, 9.17) is 11.6 Å². The molecule has 1 saturated carbocycles. The predicted octanol–water partition coefficient (Wildman–Crippen LogP) is 4.97. The second-order valence-corrected chi connectivity index (χ2v) is 6.78. The van der Waals surface area contributed by atoms with Gasteiger partial charge >= 0.3 is 6.18 Å². The number of hydrogen-bond acceptors (Lipinski definition) is 2. The monoisotopic (exact) mass is 359 g/mol. The van der Waals surface area contributed by atoms with Gasteiger partial charge in [-0.15, -0.1) is 0 Å². The highest BCUT2D eigenvalue weighted by molar-refractivity contribution is 6.31. The lowest BCUT2D eigenvalue weighted by molar-refractivity contribution is -0.141. The molecule has 2 nitrogen and oxygen atoms in total. The number of nitrogens with zero attached hydrogens (tertiary/aromatic N) is 1. The number of aliphatic hydroxyl groups excluding tert-OH is 1. The van der Waals surface area contributed by atoms with Crippen molar-refractivity contribution in [3.8, 4) is 11.3 Å². The van der Waals surface area contributed by atoms with Crippen molar-refractivity contribution in [2.45, 2.75) is 37.5 Å². The van der Waals surface area contributed by atoms with Gasteiger partial charge in [-0.25, -0.2) is 9.37 Å². The second-order valence-electron chi connectivity index (χ2n) is 6.38. The van der Waals surface area contributed by atoms with Gasteiger partial charge in [-0.3, -0.25) is 0 Å². The summed E-state index contributed by atoms with van der Waals surface area (Å²) in [5.41, 5.74) is -0.730. The number of benzene rings is 1. The highest BCUT2D eigenvalue weighted by atomic mass is 35.5. The minimum absolute atomic E-state index is 0.0735. The van der Waals surface area contributed by atoms with Crippen molar-refractivity contribution >= 4 is 11.6 Å². The summed E-state index contributed by atoms with van der Waals surface area (Å²) in [6.07, 6.45) is -4.34. The molecule has 24 heavy (non-hydrogen) atoms. The summed E-state index contributed by atoms with van der Waals surface area (Å²) in [5.74, 6) is -0.651. The molecule has 1 aliphatic rings. The van der Waals surface area contributed by atoms with Crippen LogP contribution in [-0.2, 0) is 11.6 Å². The number of hydrogen-bond donors (Lipinski definition) is 1. The van der Waals surface area contributed by atoms with Crippen molar-refractivity contribution < 1.29 is 22.7 Å². The maximum absolute atomic E-state index is 13.3. The molecule has 0 aliphatic heterocycles. The van der Waals surface area contributed by atoms with Crippen LogP contribution in [0.3, 0.4) is 0 Å². The van der Waals surface area contributed by atoms with Crippen molar-refractivity contribution in [2.75, 3.05) is 0 Å². The van der Waals surface area contributed by atoms with Crippen LogP contribution in [0.15, 0.2) is 30.3 Å². The third-order valence-corrected chi connectivity index (χ3v) is 4.69. The van der Waals surface area contributed by atoms with Crippen LogP contribution in [0.1, 0.15) is 31.0 Å². The van der Waals surface area contributed by atoms with Crippen molar-refractivity contribution in [3.05, 3.63) is 52.4 Å². The topological polar surface area (TPSA) is 33.1 Å². The van der Waals surface area contributed by atoms with Gasteiger partial charge in [-0.1, -0.05) is 18.5 Å². The lowest BCUT2D eigenvalue weighted by Crippen LogP contribution is -2.42. The molecule has 1 N–H and O–H groups in total. The van der Waals surface area contributed by atoms with Crippen LogP contribution >= 0.6 is 11.6 Å². The predicted molar refractivity (Wildman–Crippen MR) is 82.2 cm³/mol. The molecule has 0 bridgehead atoms. The molecule has 1 aromatic heterocycles. The van der Waals surface area contributed by atoms with Crippen LogP contribution in [-0.4, -0.2) is 16.2 Å². The van der Waals surface area contributed by atoms with E-state index < -0.39 is 29.2 Å². The fourth-order valence-electron chi connectivity index (χ4n) is 3.04. The summed E-state index contributed by atoms with van der Waals surface area (Å²) in [6, 6.07) is 6.24. The molecular weight excluding hydrogens is 346 g/mol. The van der Waals surface area contributed by atoms with Crippen LogP contribution in [0.5, 0.6) is 0 Å². The zero-order chi connectivity index (χ0) is 17.7. The standard InChI is InChI=1S/C17H14ClF4NO/c1-16(7-11(24)8-16)10-5-14(23-15(6-10)17(20,21)22)9-2-3-13(19)12(18)4-9/h2-6,11,24H,7-8H2,1H3. The first-order valence-corrected chi connectivity index (χ1v) is 7.69. The minimum Gasteiger partial charge on any atom is -0.393 e. The summed E-state index contributed by atoms with van der Waals surface area (Å²) >= 11 is 5.72. The first-order valence-electron chi connectivity index (χ1n) is 7.32. The summed E-state index contributed by atoms with van der Waals surface area (Å²) in [6.45, 7) is 1.80. The first kappa shape index (κ1) is 17.2. The second kappa shape index (κ2) is 5.70. The number of rotatable bonds is 2. The zero-order valence-corrected chi connectivity index (χ0v) is 13.4. The van der Waals surface area contributed by atoms with Crippen molar-refractivity contribution in [1.82, 2.24) is 4.98 Å². The van der Waals surface area contributed by atoms with E-state index in [1.165, 1.54) is 12.1 Å². The van der Waals surface area contributed by atoms with E-state index in [1.54, 1.807) is 13.0 Å². The molecule has 1 aliphatic carbocycles. The smallest absolute Gasteiger partial charge is 0.393 e. The molecule has 0 atom stereocenters. The summed E-state index contributed by atoms with van der Waals surface area (Å²) in [7, 11) is 0. The molecule has 1 fully saturated rings. The van der Waals surface area contributed by atoms with Gasteiger partial charge in [-0.2, -0.15) is 13.2 Å². The minimum atomic E-state index is -4.60. The van der Waals surface area contributed by atoms with Crippen molar-refractivity contribution in [2.24, 2.45) is 0 Å². The van der Waals surface area contributed by atoms with E-state index in [0.29, 0.717) is 24.0 Å². The fraction of sp³-hybridized carbons (Fsp3) is 0.353. The Balaban J connectivity index is 2.13. The van der Waals surface area contributed by atoms with Crippen molar-refractivity contribution in [3.63, 3.8) is 0 Å². The highest BCUT2D eigenvalue weighted by Gasteiger charge is 2.43. The van der Waals surface area contributed by atoms with Gasteiger partial charge in [0.05, 0.1) is 16.8 Å². The van der Waals surface area contributed by atoms with E-state index >= 15 is 0 Å². The number of pyridine rings is 1. The van der Waals surface area contributed by atoms with Crippen LogP contribution in [0.2, 0.25) is 5.02 Å². The molecule has 1 aromatic carbocycles. The maximum Gasteiger partial charge on any atom is 0.433 e. The lowest BCUT2D eigenvalue weighted by Gasteiger charge is -2.43. The summed E-state index contributed by atoms with van der Waals surface area (Å²) < 4.78 is 52.9. The largest absolute Gasteiger partial charge is 0.433 e. The normalized spacial score (nSPS) is 23.9. The molecule has 3 rings (SSSR count). The molecule has 2 aromatic rings. The van der Waals surface area contributed by atoms with E-state index in [0.717, 1.165) is 12.1 Å². The van der Waals surface area contributed by atoms with Gasteiger partial charge in [-0.05, 0) is 54.2 Å². The lowest BCUT2D eigenvalue weighted by atomic mass is 9.64.